The molecule has 0 saturated carbocycles. The molecule has 1 aromatic carbocycles. The van der Waals surface area contributed by atoms with Crippen LogP contribution in [0.1, 0.15) is 19.5 Å². The van der Waals surface area contributed by atoms with Gasteiger partial charge in [-0.15, -0.1) is 15.6 Å². The molecular formula is C25H28N8O10S2. The molecule has 20 heteroatoms. The second kappa shape index (κ2) is 12.4. The second-order valence-corrected chi connectivity index (χ2v) is 12.4. The molecule has 2 aromatic heterocycles. The standard InChI is InChI=1S/C25H28N8O10S2/c1-25(2)20(22(35)33(25)43-45(38,39)40)31-21(34)19(16-11-44-24(26)30-16)32-42-17(23(36)37)10-41-14-4-5-15-12(7-14)3-6-18(29-15)28-13-8-27-9-13/h3-7,11,13,17,20,27H,8-10H2,1-2H3,(H2,26,30)(H,28,29)(H,31,34)(H,36,37)(H,38,39,40)/b32-19-/t17-,20?/m0/s1. The molecule has 2 aliphatic heterocycles. The van der Waals surface area contributed by atoms with E-state index in [2.05, 4.69) is 35.4 Å². The van der Waals surface area contributed by atoms with Crippen LogP contribution in [0, 0.1) is 0 Å². The van der Waals surface area contributed by atoms with Crippen LogP contribution in [-0.4, -0.2) is 100 Å². The number of aliphatic carboxylic acids is 1. The van der Waals surface area contributed by atoms with E-state index < -0.39 is 58.2 Å². The summed E-state index contributed by atoms with van der Waals surface area (Å²) in [5.41, 5.74) is 4.36. The molecule has 45 heavy (non-hydrogen) atoms. The summed E-state index contributed by atoms with van der Waals surface area (Å²) in [6, 6.07) is 7.71. The summed E-state index contributed by atoms with van der Waals surface area (Å²) in [5.74, 6) is -2.40. The monoisotopic (exact) mass is 664 g/mol. The number of carbonyl (C=O) groups is 3. The van der Waals surface area contributed by atoms with Gasteiger partial charge in [0.1, 0.15) is 29.9 Å². The summed E-state index contributed by atoms with van der Waals surface area (Å²) in [7, 11) is -5.01. The van der Waals surface area contributed by atoms with Crippen LogP contribution in [-0.2, 0) is 33.9 Å². The van der Waals surface area contributed by atoms with Gasteiger partial charge in [0.15, 0.2) is 10.8 Å². The van der Waals surface area contributed by atoms with E-state index in [-0.39, 0.29) is 10.8 Å². The summed E-state index contributed by atoms with van der Waals surface area (Å²) in [5, 5.41) is 24.9. The van der Waals surface area contributed by atoms with Gasteiger partial charge in [-0.2, -0.15) is 13.5 Å². The minimum atomic E-state index is -5.01. The first kappa shape index (κ1) is 31.8. The number of hydroxylamine groups is 2. The predicted octanol–water partition coefficient (Wildman–Crippen LogP) is -0.250. The van der Waals surface area contributed by atoms with Gasteiger partial charge in [-0.25, -0.2) is 14.8 Å². The van der Waals surface area contributed by atoms with E-state index >= 15 is 0 Å². The zero-order chi connectivity index (χ0) is 32.5. The average molecular weight is 665 g/mol. The smallest absolute Gasteiger partial charge is 0.418 e. The Balaban J connectivity index is 1.27. The molecular weight excluding hydrogens is 636 g/mol. The number of nitrogens with zero attached hydrogens (tertiary/aromatic N) is 4. The minimum Gasteiger partial charge on any atom is -0.489 e. The van der Waals surface area contributed by atoms with Gasteiger partial charge in [-0.3, -0.25) is 14.1 Å². The summed E-state index contributed by atoms with van der Waals surface area (Å²) < 4.78 is 41.0. The van der Waals surface area contributed by atoms with Gasteiger partial charge >= 0.3 is 16.4 Å². The number of ether oxygens (including phenoxy) is 1. The number of aromatic nitrogens is 2. The lowest BCUT2D eigenvalue weighted by Crippen LogP contribution is -2.76. The lowest BCUT2D eigenvalue weighted by Gasteiger charge is -2.50. The summed E-state index contributed by atoms with van der Waals surface area (Å²) >= 11 is 0.960. The number of thiazole rings is 1. The molecule has 240 valence electrons. The average Bonchev–Trinajstić information content (AvgIpc) is 3.38. The van der Waals surface area contributed by atoms with Gasteiger partial charge in [0.05, 0.1) is 17.1 Å². The highest BCUT2D eigenvalue weighted by Crippen LogP contribution is 2.33. The van der Waals surface area contributed by atoms with E-state index in [9.17, 15) is 27.9 Å². The number of fused-ring (bicyclic) bond motifs is 1. The van der Waals surface area contributed by atoms with Crippen LogP contribution < -0.4 is 26.4 Å². The van der Waals surface area contributed by atoms with Crippen LogP contribution in [0.4, 0.5) is 10.9 Å². The van der Waals surface area contributed by atoms with Crippen LogP contribution in [0.15, 0.2) is 40.9 Å². The third-order valence-corrected chi connectivity index (χ3v) is 7.85. The fraction of sp³-hybridized carbons (Fsp3) is 0.360. The summed E-state index contributed by atoms with van der Waals surface area (Å²) in [4.78, 5) is 51.4. The normalized spacial score (nSPS) is 18.9. The van der Waals surface area contributed by atoms with Crippen molar-refractivity contribution in [3.8, 4) is 5.75 Å². The molecule has 3 aromatic rings. The number of β-lactam (4-membered cyclic amide) rings is 1. The van der Waals surface area contributed by atoms with Gasteiger partial charge in [0.25, 0.3) is 17.9 Å². The molecule has 0 aliphatic carbocycles. The van der Waals surface area contributed by atoms with Crippen molar-refractivity contribution in [2.45, 2.75) is 37.6 Å². The number of benzene rings is 1. The largest absolute Gasteiger partial charge is 0.489 e. The molecule has 2 saturated heterocycles. The van der Waals surface area contributed by atoms with E-state index in [1.807, 2.05) is 12.1 Å². The predicted molar refractivity (Wildman–Crippen MR) is 159 cm³/mol. The van der Waals surface area contributed by atoms with Crippen molar-refractivity contribution in [1.82, 2.24) is 25.7 Å². The highest BCUT2D eigenvalue weighted by atomic mass is 32.3. The first-order chi connectivity index (χ1) is 21.2. The molecule has 2 atom stereocenters. The Hall–Kier alpha value is -4.63. The summed E-state index contributed by atoms with van der Waals surface area (Å²) in [6.45, 7) is 3.94. The molecule has 0 spiro atoms. The Kier molecular flexibility index (Phi) is 8.76. The number of hydrogen-bond acceptors (Lipinski definition) is 15. The molecule has 2 aliphatic rings. The number of nitrogens with one attached hydrogen (secondary N) is 3. The maximum Gasteiger partial charge on any atom is 0.418 e. The van der Waals surface area contributed by atoms with Crippen molar-refractivity contribution in [1.29, 1.82) is 0 Å². The van der Waals surface area contributed by atoms with Crippen LogP contribution in [0.2, 0.25) is 0 Å². The Labute approximate surface area is 259 Å². The number of hydrogen-bond donors (Lipinski definition) is 6. The Morgan fingerprint density at radius 2 is 2.02 bits per heavy atom. The van der Waals surface area contributed by atoms with Gasteiger partial charge in [-0.05, 0) is 44.2 Å². The van der Waals surface area contributed by atoms with E-state index in [1.54, 1.807) is 18.2 Å². The number of amides is 2. The maximum absolute atomic E-state index is 13.2. The van der Waals surface area contributed by atoms with Gasteiger partial charge in [0, 0.05) is 23.9 Å². The fourth-order valence-corrected chi connectivity index (χ4v) is 5.33. The van der Waals surface area contributed by atoms with Crippen molar-refractivity contribution in [2.24, 2.45) is 5.16 Å². The fourth-order valence-electron chi connectivity index (χ4n) is 4.33. The van der Waals surface area contributed by atoms with Crippen LogP contribution in [0.25, 0.3) is 10.9 Å². The van der Waals surface area contributed by atoms with Crippen molar-refractivity contribution in [2.75, 3.05) is 30.7 Å². The van der Waals surface area contributed by atoms with E-state index in [0.717, 1.165) is 35.6 Å². The van der Waals surface area contributed by atoms with Crippen LogP contribution in [0.5, 0.6) is 5.75 Å². The summed E-state index contributed by atoms with van der Waals surface area (Å²) in [6.07, 6.45) is -1.68. The molecule has 5 rings (SSSR count). The highest BCUT2D eigenvalue weighted by Gasteiger charge is 2.58. The van der Waals surface area contributed by atoms with Crippen molar-refractivity contribution in [3.63, 3.8) is 0 Å². The van der Waals surface area contributed by atoms with Gasteiger partial charge in [0.2, 0.25) is 0 Å². The Morgan fingerprint density at radius 3 is 2.62 bits per heavy atom. The van der Waals surface area contributed by atoms with Crippen molar-refractivity contribution in [3.05, 3.63) is 41.4 Å². The van der Waals surface area contributed by atoms with E-state index in [4.69, 9.17) is 19.9 Å². The SMILES string of the molecule is CC1(C)C(NC(=O)/C(=N\O[C@@H](COc2ccc3nc(NC4CNC4)ccc3c2)C(=O)O)c2csc(N)n2)C(=O)N1OS(=O)(=O)O. The van der Waals surface area contributed by atoms with Crippen molar-refractivity contribution >= 4 is 67.1 Å². The molecule has 0 bridgehead atoms. The Morgan fingerprint density at radius 1 is 1.27 bits per heavy atom. The maximum atomic E-state index is 13.2. The number of anilines is 2. The number of pyridine rings is 1. The molecule has 4 heterocycles. The van der Waals surface area contributed by atoms with Crippen LogP contribution >= 0.6 is 11.3 Å². The third-order valence-electron chi connectivity index (χ3n) is 6.84. The Bertz CT molecular complexity index is 1780. The second-order valence-electron chi connectivity index (χ2n) is 10.5. The molecule has 7 N–H and O–H groups in total. The lowest BCUT2D eigenvalue weighted by molar-refractivity contribution is -0.218. The molecule has 2 fully saturated rings. The van der Waals surface area contributed by atoms with E-state index in [0.29, 0.717) is 22.4 Å². The zero-order valence-electron chi connectivity index (χ0n) is 23.7. The first-order valence-electron chi connectivity index (χ1n) is 13.2. The number of carboxylic acids is 1. The van der Waals surface area contributed by atoms with Crippen LogP contribution in [0.3, 0.4) is 0 Å². The van der Waals surface area contributed by atoms with E-state index in [1.165, 1.54) is 19.2 Å². The number of rotatable bonds is 13. The number of nitrogens with two attached hydrogens (primary N) is 1. The molecule has 1 unspecified atom stereocenters. The first-order valence-corrected chi connectivity index (χ1v) is 15.5. The number of nitrogen functional groups attached to an aromatic ring is 1. The molecule has 18 nitrogen and oxygen atoms in total. The zero-order valence-corrected chi connectivity index (χ0v) is 25.3. The van der Waals surface area contributed by atoms with Gasteiger partial charge in [-0.1, -0.05) is 5.16 Å². The topological polar surface area (TPSA) is 257 Å². The molecule has 0 radical (unpaired) electrons. The lowest BCUT2D eigenvalue weighted by atomic mass is 9.84. The highest BCUT2D eigenvalue weighted by molar-refractivity contribution is 7.80. The number of carboxylic acid groups (broad SMARTS) is 1. The molecule has 2 amide bonds. The third kappa shape index (κ3) is 7.20. The minimum absolute atomic E-state index is 0.0603. The number of oxime groups is 1. The number of carbonyl (C=O) groups excluding carboxylic acids is 2. The van der Waals surface area contributed by atoms with Crippen molar-refractivity contribution < 1.29 is 46.3 Å². The van der Waals surface area contributed by atoms with Gasteiger partial charge < -0.3 is 36.4 Å². The quantitative estimate of drug-likeness (QED) is 0.0596.